The zero-order chi connectivity index (χ0) is 17.3. The topological polar surface area (TPSA) is 114 Å². The first-order valence-electron chi connectivity index (χ1n) is 6.69. The number of nitro groups is 1. The van der Waals surface area contributed by atoms with E-state index in [-0.39, 0.29) is 17.0 Å². The van der Waals surface area contributed by atoms with Crippen molar-refractivity contribution in [2.24, 2.45) is 5.10 Å². The second-order valence-electron chi connectivity index (χ2n) is 4.85. The van der Waals surface area contributed by atoms with Crippen molar-refractivity contribution in [3.8, 4) is 0 Å². The van der Waals surface area contributed by atoms with Gasteiger partial charge in [0.25, 0.3) is 17.5 Å². The van der Waals surface area contributed by atoms with Crippen molar-refractivity contribution in [3.63, 3.8) is 0 Å². The van der Waals surface area contributed by atoms with Crippen LogP contribution in [0.4, 0.5) is 11.4 Å². The van der Waals surface area contributed by atoms with Crippen LogP contribution < -0.4 is 10.7 Å². The highest BCUT2D eigenvalue weighted by molar-refractivity contribution is 14.1. The van der Waals surface area contributed by atoms with Crippen LogP contribution in [-0.4, -0.2) is 22.4 Å². The predicted molar refractivity (Wildman–Crippen MR) is 94.9 cm³/mol. The van der Waals surface area contributed by atoms with Gasteiger partial charge >= 0.3 is 0 Å². The molecule has 2 amide bonds. The van der Waals surface area contributed by atoms with Crippen LogP contribution in [0.25, 0.3) is 0 Å². The molecule has 0 fully saturated rings. The second-order valence-corrected chi connectivity index (χ2v) is 6.10. The SMILES string of the molecule is O=C1Nc2ccc(I)cc2/C1=N\NC(=O)c1cccc([N+](=O)[O-])c1. The average molecular weight is 436 g/mol. The third-order valence-electron chi connectivity index (χ3n) is 3.29. The van der Waals surface area contributed by atoms with Gasteiger partial charge in [0.05, 0.1) is 10.6 Å². The minimum atomic E-state index is -0.641. The molecule has 2 aromatic carbocycles. The van der Waals surface area contributed by atoms with Crippen molar-refractivity contribution in [2.45, 2.75) is 0 Å². The van der Waals surface area contributed by atoms with Crippen LogP contribution in [0.15, 0.2) is 47.6 Å². The van der Waals surface area contributed by atoms with Gasteiger partial charge in [-0.3, -0.25) is 19.7 Å². The van der Waals surface area contributed by atoms with Crippen molar-refractivity contribution < 1.29 is 14.5 Å². The molecule has 24 heavy (non-hydrogen) atoms. The van der Waals surface area contributed by atoms with Gasteiger partial charge in [-0.2, -0.15) is 5.10 Å². The molecule has 0 saturated carbocycles. The lowest BCUT2D eigenvalue weighted by Crippen LogP contribution is -2.23. The van der Waals surface area contributed by atoms with E-state index >= 15 is 0 Å². The van der Waals surface area contributed by atoms with Crippen LogP contribution in [0.3, 0.4) is 0 Å². The summed E-state index contributed by atoms with van der Waals surface area (Å²) >= 11 is 2.11. The van der Waals surface area contributed by atoms with E-state index in [1.165, 1.54) is 18.2 Å². The Balaban J connectivity index is 1.85. The molecule has 120 valence electrons. The monoisotopic (exact) mass is 436 g/mol. The van der Waals surface area contributed by atoms with Crippen molar-refractivity contribution in [2.75, 3.05) is 5.32 Å². The number of amides is 2. The normalized spacial score (nSPS) is 14.2. The van der Waals surface area contributed by atoms with Crippen molar-refractivity contribution >= 4 is 51.5 Å². The summed E-state index contributed by atoms with van der Waals surface area (Å²) in [4.78, 5) is 34.2. The molecule has 8 nitrogen and oxygen atoms in total. The molecule has 0 spiro atoms. The summed E-state index contributed by atoms with van der Waals surface area (Å²) in [5.74, 6) is -1.07. The van der Waals surface area contributed by atoms with Crippen molar-refractivity contribution in [3.05, 3.63) is 67.3 Å². The molecule has 1 aliphatic rings. The molecule has 1 heterocycles. The summed E-state index contributed by atoms with van der Waals surface area (Å²) < 4.78 is 0.917. The molecule has 2 N–H and O–H groups in total. The summed E-state index contributed by atoms with van der Waals surface area (Å²) in [5, 5.41) is 17.3. The minimum Gasteiger partial charge on any atom is -0.320 e. The van der Waals surface area contributed by atoms with Gasteiger partial charge in [0.2, 0.25) is 0 Å². The fourth-order valence-electron chi connectivity index (χ4n) is 2.17. The Morgan fingerprint density at radius 1 is 1.25 bits per heavy atom. The van der Waals surface area contributed by atoms with Crippen molar-refractivity contribution in [1.82, 2.24) is 5.43 Å². The standard InChI is InChI=1S/C15H9IN4O4/c16-9-4-5-12-11(7-9)13(15(22)17-12)18-19-14(21)8-2-1-3-10(6-8)20(23)24/h1-7H,(H,19,21)(H,17,18,22). The summed E-state index contributed by atoms with van der Waals surface area (Å²) in [5.41, 5.74) is 3.43. The number of nitrogens with one attached hydrogen (secondary N) is 2. The number of fused-ring (bicyclic) bond motifs is 1. The van der Waals surface area contributed by atoms with Gasteiger partial charge in [-0.1, -0.05) is 6.07 Å². The van der Waals surface area contributed by atoms with E-state index in [0.717, 1.165) is 9.64 Å². The third-order valence-corrected chi connectivity index (χ3v) is 3.96. The lowest BCUT2D eigenvalue weighted by Gasteiger charge is -2.02. The molecule has 0 radical (unpaired) electrons. The Labute approximate surface area is 149 Å². The van der Waals surface area contributed by atoms with Gasteiger partial charge in [-0.05, 0) is 46.9 Å². The van der Waals surface area contributed by atoms with E-state index in [1.54, 1.807) is 12.1 Å². The third kappa shape index (κ3) is 3.11. The molecule has 3 rings (SSSR count). The maximum atomic E-state index is 12.1. The number of nitro benzene ring substituents is 1. The smallest absolute Gasteiger partial charge is 0.276 e. The van der Waals surface area contributed by atoms with Gasteiger partial charge in [-0.25, -0.2) is 5.43 Å². The van der Waals surface area contributed by atoms with Crippen LogP contribution in [0.1, 0.15) is 15.9 Å². The number of anilines is 1. The first-order chi connectivity index (χ1) is 11.5. The van der Waals surface area contributed by atoms with Gasteiger partial charge in [0, 0.05) is 26.8 Å². The molecular formula is C15H9IN4O4. The van der Waals surface area contributed by atoms with E-state index in [0.29, 0.717) is 11.3 Å². The number of hydrogen-bond acceptors (Lipinski definition) is 5. The van der Waals surface area contributed by atoms with Gasteiger partial charge in [-0.15, -0.1) is 0 Å². The number of hydrazone groups is 1. The molecule has 0 atom stereocenters. The summed E-state index contributed by atoms with van der Waals surface area (Å²) in [6.45, 7) is 0. The lowest BCUT2D eigenvalue weighted by molar-refractivity contribution is -0.384. The summed E-state index contributed by atoms with van der Waals surface area (Å²) in [6, 6.07) is 10.6. The number of nitrogens with zero attached hydrogens (tertiary/aromatic N) is 2. The summed E-state index contributed by atoms with van der Waals surface area (Å²) in [7, 11) is 0. The van der Waals surface area contributed by atoms with Crippen LogP contribution in [0.5, 0.6) is 0 Å². The first kappa shape index (κ1) is 16.1. The van der Waals surface area contributed by atoms with E-state index in [1.807, 2.05) is 6.07 Å². The molecule has 0 saturated heterocycles. The Kier molecular flexibility index (Phi) is 4.25. The summed E-state index contributed by atoms with van der Waals surface area (Å²) in [6.07, 6.45) is 0. The Bertz CT molecular complexity index is 910. The minimum absolute atomic E-state index is 0.0785. The number of halogens is 1. The van der Waals surface area contributed by atoms with Crippen LogP contribution in [0, 0.1) is 13.7 Å². The first-order valence-corrected chi connectivity index (χ1v) is 7.77. The highest BCUT2D eigenvalue weighted by Crippen LogP contribution is 2.25. The van der Waals surface area contributed by atoms with Gasteiger partial charge < -0.3 is 5.32 Å². The van der Waals surface area contributed by atoms with Gasteiger partial charge in [0.15, 0.2) is 5.71 Å². The van der Waals surface area contributed by atoms with Crippen LogP contribution in [-0.2, 0) is 4.79 Å². The molecule has 0 bridgehead atoms. The quantitative estimate of drug-likeness (QED) is 0.437. The fourth-order valence-corrected chi connectivity index (χ4v) is 2.66. The number of benzene rings is 2. The number of non-ortho nitro benzene ring substituents is 1. The highest BCUT2D eigenvalue weighted by Gasteiger charge is 2.26. The van der Waals surface area contributed by atoms with Crippen molar-refractivity contribution in [1.29, 1.82) is 0 Å². The molecule has 0 aromatic heterocycles. The number of carbonyl (C=O) groups excluding carboxylic acids is 2. The van der Waals surface area contributed by atoms with Crippen LogP contribution in [0.2, 0.25) is 0 Å². The molecule has 0 aliphatic carbocycles. The maximum absolute atomic E-state index is 12.1. The molecule has 9 heteroatoms. The molecule has 0 unspecified atom stereocenters. The zero-order valence-corrected chi connectivity index (χ0v) is 14.1. The highest BCUT2D eigenvalue weighted by atomic mass is 127. The average Bonchev–Trinajstić information content (AvgIpc) is 2.87. The second kappa shape index (κ2) is 6.35. The van der Waals surface area contributed by atoms with E-state index < -0.39 is 16.7 Å². The number of carbonyl (C=O) groups is 2. The maximum Gasteiger partial charge on any atom is 0.276 e. The Hall–Kier alpha value is -2.82. The molecular weight excluding hydrogens is 427 g/mol. The number of rotatable bonds is 3. The predicted octanol–water partition coefficient (Wildman–Crippen LogP) is 2.29. The zero-order valence-electron chi connectivity index (χ0n) is 11.9. The Morgan fingerprint density at radius 3 is 2.79 bits per heavy atom. The van der Waals surface area contributed by atoms with E-state index in [2.05, 4.69) is 38.4 Å². The van der Waals surface area contributed by atoms with E-state index in [4.69, 9.17) is 0 Å². The fraction of sp³-hybridized carbons (Fsp3) is 0. The number of hydrogen-bond donors (Lipinski definition) is 2. The van der Waals surface area contributed by atoms with Gasteiger partial charge in [0.1, 0.15) is 0 Å². The molecule has 2 aromatic rings. The van der Waals surface area contributed by atoms with Crippen LogP contribution >= 0.6 is 22.6 Å². The van der Waals surface area contributed by atoms with E-state index in [9.17, 15) is 19.7 Å². The molecule has 1 aliphatic heterocycles. The lowest BCUT2D eigenvalue weighted by atomic mass is 10.1. The largest absolute Gasteiger partial charge is 0.320 e. The Morgan fingerprint density at radius 2 is 2.04 bits per heavy atom.